The van der Waals surface area contributed by atoms with Gasteiger partial charge in [-0.1, -0.05) is 0 Å². The molecule has 0 fully saturated rings. The molecule has 3 nitrogen and oxygen atoms in total. The third kappa shape index (κ3) is 15.4. The minimum atomic E-state index is 0. The number of halogens is 1. The quantitative estimate of drug-likeness (QED) is 0.301. The molecule has 0 aromatic carbocycles. The lowest BCUT2D eigenvalue weighted by Gasteiger charge is -2.23. The van der Waals surface area contributed by atoms with Crippen LogP contribution in [0.1, 0.15) is 6.92 Å². The van der Waals surface area contributed by atoms with Crippen molar-refractivity contribution in [3.63, 3.8) is 0 Å². The number of rotatable bonds is 7. The van der Waals surface area contributed by atoms with Gasteiger partial charge in [-0.25, -0.2) is 0 Å². The average molecular weight is 303 g/mol. The molecule has 0 aliphatic heterocycles. The van der Waals surface area contributed by atoms with E-state index >= 15 is 0 Å². The van der Waals surface area contributed by atoms with Gasteiger partial charge in [0.2, 0.25) is 0 Å². The van der Waals surface area contributed by atoms with Crippen molar-refractivity contribution in [3.05, 3.63) is 0 Å². The van der Waals surface area contributed by atoms with Gasteiger partial charge in [0.25, 0.3) is 0 Å². The van der Waals surface area contributed by atoms with Crippen molar-refractivity contribution in [3.8, 4) is 0 Å². The van der Waals surface area contributed by atoms with Crippen molar-refractivity contribution >= 4 is 0 Å². The molecule has 0 saturated heterocycles. The summed E-state index contributed by atoms with van der Waals surface area (Å²) in [6, 6.07) is 0. The summed E-state index contributed by atoms with van der Waals surface area (Å²) in [7, 11) is 6.48. The number of hydrogen-bond acceptors (Lipinski definition) is 2. The maximum Gasteiger partial charge on any atom is 0.102 e. The summed E-state index contributed by atoms with van der Waals surface area (Å²) in [5.41, 5.74) is 0. The van der Waals surface area contributed by atoms with Crippen LogP contribution in [-0.2, 0) is 9.47 Å². The van der Waals surface area contributed by atoms with Gasteiger partial charge < -0.3 is 37.9 Å². The van der Waals surface area contributed by atoms with Gasteiger partial charge in [-0.3, -0.25) is 0 Å². The minimum absolute atomic E-state index is 0. The summed E-state index contributed by atoms with van der Waals surface area (Å²) < 4.78 is 11.5. The summed E-state index contributed by atoms with van der Waals surface area (Å²) >= 11 is 0. The molecule has 0 aliphatic rings. The Bertz CT molecular complexity index is 104. The van der Waals surface area contributed by atoms with Crippen LogP contribution in [0.15, 0.2) is 0 Å². The molecular formula is C9H22INO2. The molecule has 0 N–H and O–H groups in total. The zero-order chi connectivity index (χ0) is 9.45. The van der Waals surface area contributed by atoms with Gasteiger partial charge in [0, 0.05) is 6.61 Å². The molecule has 0 radical (unpaired) electrons. The maximum absolute atomic E-state index is 5.37. The second-order valence-electron chi connectivity index (χ2n) is 3.82. The highest BCUT2D eigenvalue weighted by Gasteiger charge is 2.04. The first kappa shape index (κ1) is 16.1. The van der Waals surface area contributed by atoms with Gasteiger partial charge in [-0.2, -0.15) is 0 Å². The Labute approximate surface area is 99.0 Å². The first-order valence-electron chi connectivity index (χ1n) is 4.52. The van der Waals surface area contributed by atoms with Crippen molar-refractivity contribution in [1.29, 1.82) is 0 Å². The lowest BCUT2D eigenvalue weighted by molar-refractivity contribution is -0.870. The second-order valence-corrected chi connectivity index (χ2v) is 3.82. The number of hydrogen-bond donors (Lipinski definition) is 0. The summed E-state index contributed by atoms with van der Waals surface area (Å²) in [6.45, 7) is 6.06. The van der Waals surface area contributed by atoms with E-state index in [4.69, 9.17) is 9.47 Å². The van der Waals surface area contributed by atoms with Gasteiger partial charge in [-0.15, -0.1) is 0 Å². The van der Waals surface area contributed by atoms with Crippen LogP contribution in [0.4, 0.5) is 0 Å². The molecule has 0 spiro atoms. The monoisotopic (exact) mass is 303 g/mol. The predicted octanol–water partition coefficient (Wildman–Crippen LogP) is -2.25. The van der Waals surface area contributed by atoms with Crippen LogP contribution in [-0.4, -0.2) is 58.6 Å². The average Bonchev–Trinajstić information content (AvgIpc) is 1.94. The Morgan fingerprint density at radius 2 is 1.46 bits per heavy atom. The van der Waals surface area contributed by atoms with Gasteiger partial charge in [0.15, 0.2) is 0 Å². The SMILES string of the molecule is CCOCCOCC[N+](C)(C)C.[I-]. The van der Waals surface area contributed by atoms with E-state index in [-0.39, 0.29) is 24.0 Å². The van der Waals surface area contributed by atoms with Crippen LogP contribution < -0.4 is 24.0 Å². The summed E-state index contributed by atoms with van der Waals surface area (Å²) in [4.78, 5) is 0. The van der Waals surface area contributed by atoms with Crippen LogP contribution in [0.3, 0.4) is 0 Å². The van der Waals surface area contributed by atoms with E-state index in [0.29, 0.717) is 13.2 Å². The van der Waals surface area contributed by atoms with E-state index in [1.807, 2.05) is 6.92 Å². The molecule has 13 heavy (non-hydrogen) atoms. The first-order chi connectivity index (χ1) is 5.56. The topological polar surface area (TPSA) is 18.5 Å². The zero-order valence-corrected chi connectivity index (χ0v) is 11.3. The second kappa shape index (κ2) is 9.18. The van der Waals surface area contributed by atoms with Gasteiger partial charge in [-0.05, 0) is 6.92 Å². The van der Waals surface area contributed by atoms with Crippen LogP contribution in [0.25, 0.3) is 0 Å². The highest BCUT2D eigenvalue weighted by Crippen LogP contribution is 1.89. The van der Waals surface area contributed by atoms with E-state index in [2.05, 4.69) is 21.1 Å². The number of nitrogens with zero attached hydrogens (tertiary/aromatic N) is 1. The number of ether oxygens (including phenoxy) is 2. The van der Waals surface area contributed by atoms with Crippen molar-refractivity contribution in [2.45, 2.75) is 6.92 Å². The molecule has 0 aliphatic carbocycles. The summed E-state index contributed by atoms with van der Waals surface area (Å²) in [5.74, 6) is 0. The maximum atomic E-state index is 5.37. The van der Waals surface area contributed by atoms with Crippen molar-refractivity contribution in [1.82, 2.24) is 0 Å². The predicted molar refractivity (Wildman–Crippen MR) is 50.2 cm³/mol. The third-order valence-electron chi connectivity index (χ3n) is 1.48. The normalized spacial score (nSPS) is 11.1. The molecule has 0 aromatic rings. The molecule has 0 aromatic heterocycles. The fraction of sp³-hybridized carbons (Fsp3) is 1.00. The highest BCUT2D eigenvalue weighted by molar-refractivity contribution is 4.31. The number of likely N-dealkylation sites (N-methyl/N-ethyl adjacent to an activating group) is 1. The summed E-state index contributed by atoms with van der Waals surface area (Å²) in [6.07, 6.45) is 0. The van der Waals surface area contributed by atoms with Gasteiger partial charge >= 0.3 is 0 Å². The van der Waals surface area contributed by atoms with Gasteiger partial charge in [0.05, 0.1) is 41.0 Å². The Hall–Kier alpha value is 0.610. The van der Waals surface area contributed by atoms with Crippen molar-refractivity contribution < 1.29 is 37.9 Å². The smallest absolute Gasteiger partial charge is 0.102 e. The lowest BCUT2D eigenvalue weighted by Crippen LogP contribution is -3.00. The van der Waals surface area contributed by atoms with Crippen LogP contribution in [0, 0.1) is 0 Å². The Morgan fingerprint density at radius 3 is 1.92 bits per heavy atom. The van der Waals surface area contributed by atoms with E-state index in [0.717, 1.165) is 24.2 Å². The molecule has 4 heteroatoms. The Morgan fingerprint density at radius 1 is 0.923 bits per heavy atom. The highest BCUT2D eigenvalue weighted by atomic mass is 127. The molecule has 0 bridgehead atoms. The molecular weight excluding hydrogens is 281 g/mol. The minimum Gasteiger partial charge on any atom is -1.00 e. The van der Waals surface area contributed by atoms with Crippen molar-refractivity contribution in [2.24, 2.45) is 0 Å². The Balaban J connectivity index is 0. The largest absolute Gasteiger partial charge is 1.00 e. The first-order valence-corrected chi connectivity index (χ1v) is 4.52. The molecule has 0 saturated carbocycles. The van der Waals surface area contributed by atoms with Crippen LogP contribution in [0.2, 0.25) is 0 Å². The van der Waals surface area contributed by atoms with E-state index < -0.39 is 0 Å². The Kier molecular flexibility index (Phi) is 11.3. The molecule has 82 valence electrons. The standard InChI is InChI=1S/C9H22NO2.HI/c1-5-11-8-9-12-7-6-10(2,3)4;/h5-9H2,1-4H3;1H/q+1;/p-1. The third-order valence-corrected chi connectivity index (χ3v) is 1.48. The fourth-order valence-electron chi connectivity index (χ4n) is 0.703. The van der Waals surface area contributed by atoms with E-state index in [1.54, 1.807) is 0 Å². The molecule has 0 atom stereocenters. The lowest BCUT2D eigenvalue weighted by atomic mass is 10.5. The molecule has 0 amide bonds. The van der Waals surface area contributed by atoms with E-state index in [9.17, 15) is 0 Å². The fourth-order valence-corrected chi connectivity index (χ4v) is 0.703. The van der Waals surface area contributed by atoms with Crippen LogP contribution in [0.5, 0.6) is 0 Å². The van der Waals surface area contributed by atoms with Gasteiger partial charge in [0.1, 0.15) is 6.54 Å². The molecule has 0 unspecified atom stereocenters. The van der Waals surface area contributed by atoms with E-state index in [1.165, 1.54) is 0 Å². The molecule has 0 heterocycles. The molecule has 0 rings (SSSR count). The zero-order valence-electron chi connectivity index (χ0n) is 9.18. The number of quaternary nitrogens is 1. The van der Waals surface area contributed by atoms with Crippen LogP contribution >= 0.6 is 0 Å². The summed E-state index contributed by atoms with van der Waals surface area (Å²) in [5, 5.41) is 0. The van der Waals surface area contributed by atoms with Crippen molar-refractivity contribution in [2.75, 3.05) is 54.1 Å².